The summed E-state index contributed by atoms with van der Waals surface area (Å²) in [5.41, 5.74) is 0. The van der Waals surface area contributed by atoms with Crippen LogP contribution >= 0.6 is 11.6 Å². The highest BCUT2D eigenvalue weighted by Crippen LogP contribution is 2.28. The van der Waals surface area contributed by atoms with Crippen molar-refractivity contribution in [3.63, 3.8) is 0 Å². The Labute approximate surface area is 117 Å². The second-order valence-corrected chi connectivity index (χ2v) is 4.90. The van der Waals surface area contributed by atoms with Crippen LogP contribution < -0.4 is 15.5 Å². The summed E-state index contributed by atoms with van der Waals surface area (Å²) in [5, 5.41) is 6.14. The van der Waals surface area contributed by atoms with E-state index in [1.54, 1.807) is 20.3 Å². The first-order valence-corrected chi connectivity index (χ1v) is 6.70. The molecule has 1 fully saturated rings. The van der Waals surface area contributed by atoms with Crippen LogP contribution in [0, 0.1) is 5.92 Å². The van der Waals surface area contributed by atoms with Crippen LogP contribution in [0.4, 0.5) is 11.8 Å². The number of hydrogen-bond acceptors (Lipinski definition) is 5. The minimum atomic E-state index is 0.0885. The molecule has 0 saturated carbocycles. The largest absolute Gasteiger partial charge is 0.359 e. The van der Waals surface area contributed by atoms with Gasteiger partial charge in [-0.05, 0) is 12.8 Å². The molecular weight excluding hydrogens is 266 g/mol. The van der Waals surface area contributed by atoms with Crippen molar-refractivity contribution in [2.24, 2.45) is 5.92 Å². The fraction of sp³-hybridized carbons (Fsp3) is 0.583. The van der Waals surface area contributed by atoms with Gasteiger partial charge in [-0.15, -0.1) is 0 Å². The number of carbonyl (C=O) groups excluding carboxylic acids is 1. The molecule has 6 nitrogen and oxygen atoms in total. The minimum Gasteiger partial charge on any atom is -0.359 e. The Balaban J connectivity index is 2.07. The van der Waals surface area contributed by atoms with Crippen molar-refractivity contribution in [1.82, 2.24) is 15.3 Å². The summed E-state index contributed by atoms with van der Waals surface area (Å²) in [6.45, 7) is 1.55. The highest BCUT2D eigenvalue weighted by atomic mass is 35.5. The molecule has 0 spiro atoms. The first-order chi connectivity index (χ1) is 9.15. The topological polar surface area (TPSA) is 70.2 Å². The molecule has 2 N–H and O–H groups in total. The van der Waals surface area contributed by atoms with E-state index < -0.39 is 0 Å². The van der Waals surface area contributed by atoms with E-state index in [-0.39, 0.29) is 11.8 Å². The normalized spacial score (nSPS) is 16.3. The van der Waals surface area contributed by atoms with Crippen LogP contribution in [0.15, 0.2) is 6.20 Å². The summed E-state index contributed by atoms with van der Waals surface area (Å²) in [6, 6.07) is 0. The fourth-order valence-electron chi connectivity index (χ4n) is 2.26. The van der Waals surface area contributed by atoms with Crippen LogP contribution in [-0.4, -0.2) is 43.1 Å². The Kier molecular flexibility index (Phi) is 4.42. The van der Waals surface area contributed by atoms with Crippen molar-refractivity contribution in [3.05, 3.63) is 11.2 Å². The minimum absolute atomic E-state index is 0.0885. The summed E-state index contributed by atoms with van der Waals surface area (Å²) >= 11 is 6.14. The van der Waals surface area contributed by atoms with Crippen molar-refractivity contribution >= 4 is 29.3 Å². The number of nitrogens with zero attached hydrogens (tertiary/aromatic N) is 3. The number of carbonyl (C=O) groups is 1. The average Bonchev–Trinajstić information content (AvgIpc) is 2.47. The van der Waals surface area contributed by atoms with Gasteiger partial charge in [-0.3, -0.25) is 4.79 Å². The number of amides is 1. The van der Waals surface area contributed by atoms with Crippen molar-refractivity contribution in [3.8, 4) is 0 Å². The van der Waals surface area contributed by atoms with Gasteiger partial charge in [0.15, 0.2) is 5.82 Å². The molecular formula is C12H18ClN5O. The lowest BCUT2D eigenvalue weighted by atomic mass is 9.96. The number of anilines is 2. The third kappa shape index (κ3) is 3.07. The highest BCUT2D eigenvalue weighted by Gasteiger charge is 2.26. The van der Waals surface area contributed by atoms with E-state index in [0.717, 1.165) is 31.7 Å². The van der Waals surface area contributed by atoms with Gasteiger partial charge in [0.1, 0.15) is 5.02 Å². The maximum atomic E-state index is 11.6. The molecule has 0 bridgehead atoms. The second-order valence-electron chi connectivity index (χ2n) is 4.49. The summed E-state index contributed by atoms with van der Waals surface area (Å²) < 4.78 is 0. The third-order valence-electron chi connectivity index (χ3n) is 3.36. The summed E-state index contributed by atoms with van der Waals surface area (Å²) in [6.07, 6.45) is 3.23. The Morgan fingerprint density at radius 2 is 2.11 bits per heavy atom. The van der Waals surface area contributed by atoms with Gasteiger partial charge in [0.2, 0.25) is 11.9 Å². The molecule has 2 heterocycles. The number of piperidine rings is 1. The quantitative estimate of drug-likeness (QED) is 0.870. The van der Waals surface area contributed by atoms with E-state index in [2.05, 4.69) is 25.5 Å². The Morgan fingerprint density at radius 3 is 2.68 bits per heavy atom. The van der Waals surface area contributed by atoms with E-state index in [1.165, 1.54) is 0 Å². The predicted octanol–water partition coefficient (Wildman–Crippen LogP) is 1.13. The number of halogens is 1. The zero-order chi connectivity index (χ0) is 13.8. The standard InChI is InChI=1S/C12H18ClN5O/c1-14-11(19)8-3-5-18(6-4-8)10-9(13)7-16-12(15-2)17-10/h7-8H,3-6H2,1-2H3,(H,14,19)(H,15,16,17). The van der Waals surface area contributed by atoms with E-state index in [1.807, 2.05) is 0 Å². The van der Waals surface area contributed by atoms with E-state index in [0.29, 0.717) is 11.0 Å². The van der Waals surface area contributed by atoms with Crippen LogP contribution in [0.2, 0.25) is 5.02 Å². The Bertz CT molecular complexity index is 459. The van der Waals surface area contributed by atoms with E-state index in [9.17, 15) is 4.79 Å². The Hall–Kier alpha value is -1.56. The monoisotopic (exact) mass is 283 g/mol. The molecule has 0 atom stereocenters. The van der Waals surface area contributed by atoms with Gasteiger partial charge in [0.05, 0.1) is 6.20 Å². The fourth-order valence-corrected chi connectivity index (χ4v) is 2.47. The van der Waals surface area contributed by atoms with Gasteiger partial charge in [0, 0.05) is 33.1 Å². The smallest absolute Gasteiger partial charge is 0.224 e. The lowest BCUT2D eigenvalue weighted by Gasteiger charge is -2.32. The van der Waals surface area contributed by atoms with Crippen molar-refractivity contribution in [1.29, 1.82) is 0 Å². The molecule has 1 aromatic rings. The molecule has 1 saturated heterocycles. The molecule has 0 radical (unpaired) electrons. The average molecular weight is 284 g/mol. The molecule has 1 aromatic heterocycles. The first-order valence-electron chi connectivity index (χ1n) is 6.32. The van der Waals surface area contributed by atoms with Gasteiger partial charge in [-0.2, -0.15) is 4.98 Å². The molecule has 0 aliphatic carbocycles. The molecule has 1 amide bonds. The van der Waals surface area contributed by atoms with Gasteiger partial charge >= 0.3 is 0 Å². The molecule has 0 unspecified atom stereocenters. The van der Waals surface area contributed by atoms with E-state index >= 15 is 0 Å². The zero-order valence-electron chi connectivity index (χ0n) is 11.1. The van der Waals surface area contributed by atoms with E-state index in [4.69, 9.17) is 11.6 Å². The van der Waals surface area contributed by atoms with Gasteiger partial charge in [0.25, 0.3) is 0 Å². The van der Waals surface area contributed by atoms with Gasteiger partial charge < -0.3 is 15.5 Å². The maximum Gasteiger partial charge on any atom is 0.224 e. The van der Waals surface area contributed by atoms with Crippen molar-refractivity contribution in [2.75, 3.05) is 37.4 Å². The lowest BCUT2D eigenvalue weighted by Crippen LogP contribution is -2.40. The van der Waals surface area contributed by atoms with Crippen LogP contribution in [0.25, 0.3) is 0 Å². The number of nitrogens with one attached hydrogen (secondary N) is 2. The molecule has 0 aromatic carbocycles. The maximum absolute atomic E-state index is 11.6. The second kappa shape index (κ2) is 6.06. The van der Waals surface area contributed by atoms with Crippen molar-refractivity contribution < 1.29 is 4.79 Å². The number of hydrogen-bond donors (Lipinski definition) is 2. The zero-order valence-corrected chi connectivity index (χ0v) is 11.9. The molecule has 1 aliphatic heterocycles. The Morgan fingerprint density at radius 1 is 1.42 bits per heavy atom. The van der Waals surface area contributed by atoms with Crippen LogP contribution in [0.3, 0.4) is 0 Å². The van der Waals surface area contributed by atoms with Crippen LogP contribution in [0.5, 0.6) is 0 Å². The van der Waals surface area contributed by atoms with Crippen molar-refractivity contribution in [2.45, 2.75) is 12.8 Å². The van der Waals surface area contributed by atoms with Gasteiger partial charge in [-0.1, -0.05) is 11.6 Å². The first kappa shape index (κ1) is 13.9. The molecule has 104 valence electrons. The number of rotatable bonds is 3. The highest BCUT2D eigenvalue weighted by molar-refractivity contribution is 6.32. The van der Waals surface area contributed by atoms with Crippen LogP contribution in [-0.2, 0) is 4.79 Å². The lowest BCUT2D eigenvalue weighted by molar-refractivity contribution is -0.125. The SMILES string of the molecule is CNC(=O)C1CCN(c2nc(NC)ncc2Cl)CC1. The summed E-state index contributed by atoms with van der Waals surface area (Å²) in [4.78, 5) is 22.1. The molecule has 19 heavy (non-hydrogen) atoms. The molecule has 7 heteroatoms. The number of aromatic nitrogens is 2. The van der Waals surface area contributed by atoms with Crippen LogP contribution in [0.1, 0.15) is 12.8 Å². The molecule has 1 aliphatic rings. The van der Waals surface area contributed by atoms with Gasteiger partial charge in [-0.25, -0.2) is 4.98 Å². The molecule has 2 rings (SSSR count). The summed E-state index contributed by atoms with van der Waals surface area (Å²) in [7, 11) is 3.44. The summed E-state index contributed by atoms with van der Waals surface area (Å²) in [5.74, 6) is 1.49. The third-order valence-corrected chi connectivity index (χ3v) is 3.63. The predicted molar refractivity (Wildman–Crippen MR) is 75.6 cm³/mol.